The Morgan fingerprint density at radius 1 is 1.36 bits per heavy atom. The van der Waals surface area contributed by atoms with E-state index in [1.807, 2.05) is 0 Å². The summed E-state index contributed by atoms with van der Waals surface area (Å²) < 4.78 is 1.13. The van der Waals surface area contributed by atoms with Gasteiger partial charge in [0.05, 0.1) is 0 Å². The Balaban J connectivity index is 2.42. The third kappa shape index (κ3) is 3.68. The SMILES string of the molecule is Cc1cc(Br)ccc1NCCCCN. The van der Waals surface area contributed by atoms with Gasteiger partial charge >= 0.3 is 0 Å². The molecule has 1 rings (SSSR count). The second-order valence-electron chi connectivity index (χ2n) is 3.38. The Kier molecular flexibility index (Phi) is 4.98. The van der Waals surface area contributed by atoms with Crippen LogP contribution < -0.4 is 11.1 Å². The maximum Gasteiger partial charge on any atom is 0.0370 e. The quantitative estimate of drug-likeness (QED) is 0.796. The molecular formula is C11H17BrN2. The number of aryl methyl sites for hydroxylation is 1. The summed E-state index contributed by atoms with van der Waals surface area (Å²) in [4.78, 5) is 0. The molecule has 0 atom stereocenters. The summed E-state index contributed by atoms with van der Waals surface area (Å²) in [6.45, 7) is 3.89. The van der Waals surface area contributed by atoms with Gasteiger partial charge in [-0.25, -0.2) is 0 Å². The molecule has 0 radical (unpaired) electrons. The van der Waals surface area contributed by atoms with E-state index in [-0.39, 0.29) is 0 Å². The maximum atomic E-state index is 5.42. The van der Waals surface area contributed by atoms with E-state index in [2.05, 4.69) is 46.4 Å². The average Bonchev–Trinajstić information content (AvgIpc) is 2.15. The Labute approximate surface area is 94.0 Å². The van der Waals surface area contributed by atoms with Crippen molar-refractivity contribution in [3.8, 4) is 0 Å². The molecule has 0 aliphatic rings. The Bertz CT molecular complexity index is 287. The third-order valence-corrected chi connectivity index (χ3v) is 2.63. The van der Waals surface area contributed by atoms with Gasteiger partial charge in [-0.2, -0.15) is 0 Å². The van der Waals surface area contributed by atoms with Crippen LogP contribution >= 0.6 is 15.9 Å². The van der Waals surface area contributed by atoms with Gasteiger partial charge in [-0.15, -0.1) is 0 Å². The normalized spacial score (nSPS) is 10.2. The molecule has 1 aromatic carbocycles. The van der Waals surface area contributed by atoms with Crippen LogP contribution in [0.5, 0.6) is 0 Å². The van der Waals surface area contributed by atoms with E-state index in [0.717, 1.165) is 30.4 Å². The lowest BCUT2D eigenvalue weighted by atomic mass is 10.2. The van der Waals surface area contributed by atoms with Crippen LogP contribution in [0.2, 0.25) is 0 Å². The number of benzene rings is 1. The fourth-order valence-corrected chi connectivity index (χ4v) is 1.79. The lowest BCUT2D eigenvalue weighted by molar-refractivity contribution is 0.774. The molecule has 0 bridgehead atoms. The molecule has 0 unspecified atom stereocenters. The monoisotopic (exact) mass is 256 g/mol. The maximum absolute atomic E-state index is 5.42. The topological polar surface area (TPSA) is 38.0 Å². The van der Waals surface area contributed by atoms with Crippen LogP contribution in [-0.4, -0.2) is 13.1 Å². The van der Waals surface area contributed by atoms with E-state index < -0.39 is 0 Å². The number of anilines is 1. The molecule has 0 aliphatic carbocycles. The Morgan fingerprint density at radius 2 is 2.14 bits per heavy atom. The highest BCUT2D eigenvalue weighted by molar-refractivity contribution is 9.10. The third-order valence-electron chi connectivity index (χ3n) is 2.13. The first-order chi connectivity index (χ1) is 6.74. The van der Waals surface area contributed by atoms with E-state index in [1.54, 1.807) is 0 Å². The van der Waals surface area contributed by atoms with Gasteiger partial charge in [0.15, 0.2) is 0 Å². The van der Waals surface area contributed by atoms with Crippen molar-refractivity contribution >= 4 is 21.6 Å². The van der Waals surface area contributed by atoms with Crippen LogP contribution in [0.1, 0.15) is 18.4 Å². The minimum Gasteiger partial charge on any atom is -0.385 e. The average molecular weight is 257 g/mol. The summed E-state index contributed by atoms with van der Waals surface area (Å²) in [6, 6.07) is 6.27. The minimum atomic E-state index is 0.779. The van der Waals surface area contributed by atoms with E-state index in [9.17, 15) is 0 Å². The van der Waals surface area contributed by atoms with Crippen LogP contribution in [0.3, 0.4) is 0 Å². The first-order valence-corrected chi connectivity index (χ1v) is 5.73. The summed E-state index contributed by atoms with van der Waals surface area (Å²) >= 11 is 3.45. The second kappa shape index (κ2) is 6.04. The molecule has 0 fully saturated rings. The first kappa shape index (κ1) is 11.5. The highest BCUT2D eigenvalue weighted by Crippen LogP contribution is 2.19. The molecule has 0 heterocycles. The molecule has 0 saturated heterocycles. The highest BCUT2D eigenvalue weighted by Gasteiger charge is 1.97. The number of rotatable bonds is 5. The van der Waals surface area contributed by atoms with Crippen molar-refractivity contribution in [3.63, 3.8) is 0 Å². The minimum absolute atomic E-state index is 0.779. The molecule has 1 aromatic rings. The predicted octanol–water partition coefficient (Wildman–Crippen LogP) is 2.91. The lowest BCUT2D eigenvalue weighted by Crippen LogP contribution is -2.06. The van der Waals surface area contributed by atoms with Gasteiger partial charge in [-0.3, -0.25) is 0 Å². The van der Waals surface area contributed by atoms with Crippen molar-refractivity contribution in [2.45, 2.75) is 19.8 Å². The molecule has 78 valence electrons. The molecule has 0 saturated carbocycles. The van der Waals surface area contributed by atoms with Crippen molar-refractivity contribution < 1.29 is 0 Å². The van der Waals surface area contributed by atoms with Gasteiger partial charge in [-0.05, 0) is 50.1 Å². The van der Waals surface area contributed by atoms with Crippen molar-refractivity contribution in [2.75, 3.05) is 18.4 Å². The Hall–Kier alpha value is -0.540. The molecule has 14 heavy (non-hydrogen) atoms. The zero-order chi connectivity index (χ0) is 10.4. The number of halogens is 1. The smallest absolute Gasteiger partial charge is 0.0370 e. The van der Waals surface area contributed by atoms with E-state index >= 15 is 0 Å². The molecule has 0 aromatic heterocycles. The van der Waals surface area contributed by atoms with E-state index in [4.69, 9.17) is 5.73 Å². The number of nitrogens with one attached hydrogen (secondary N) is 1. The van der Waals surface area contributed by atoms with Gasteiger partial charge < -0.3 is 11.1 Å². The molecule has 0 amide bonds. The molecule has 0 aliphatic heterocycles. The van der Waals surface area contributed by atoms with E-state index in [0.29, 0.717) is 0 Å². The van der Waals surface area contributed by atoms with Crippen LogP contribution in [0.15, 0.2) is 22.7 Å². The molecule has 2 nitrogen and oxygen atoms in total. The molecule has 3 heteroatoms. The van der Waals surface area contributed by atoms with Crippen LogP contribution in [0.25, 0.3) is 0 Å². The molecular weight excluding hydrogens is 240 g/mol. The van der Waals surface area contributed by atoms with Crippen LogP contribution in [-0.2, 0) is 0 Å². The predicted molar refractivity (Wildman–Crippen MR) is 65.7 cm³/mol. The van der Waals surface area contributed by atoms with Gasteiger partial charge in [-0.1, -0.05) is 15.9 Å². The number of unbranched alkanes of at least 4 members (excludes halogenated alkanes) is 1. The fraction of sp³-hybridized carbons (Fsp3) is 0.455. The van der Waals surface area contributed by atoms with Crippen LogP contribution in [0.4, 0.5) is 5.69 Å². The lowest BCUT2D eigenvalue weighted by Gasteiger charge is -2.09. The number of hydrogen-bond acceptors (Lipinski definition) is 2. The summed E-state index contributed by atoms with van der Waals surface area (Å²) in [5.74, 6) is 0. The molecule has 3 N–H and O–H groups in total. The van der Waals surface area contributed by atoms with Gasteiger partial charge in [0, 0.05) is 16.7 Å². The zero-order valence-electron chi connectivity index (χ0n) is 8.52. The van der Waals surface area contributed by atoms with Gasteiger partial charge in [0.1, 0.15) is 0 Å². The summed E-state index contributed by atoms with van der Waals surface area (Å²) in [7, 11) is 0. The zero-order valence-corrected chi connectivity index (χ0v) is 10.1. The van der Waals surface area contributed by atoms with Crippen molar-refractivity contribution in [1.82, 2.24) is 0 Å². The van der Waals surface area contributed by atoms with Crippen molar-refractivity contribution in [2.24, 2.45) is 5.73 Å². The largest absolute Gasteiger partial charge is 0.385 e. The fourth-order valence-electron chi connectivity index (χ4n) is 1.32. The summed E-state index contributed by atoms with van der Waals surface area (Å²) in [5.41, 5.74) is 7.91. The van der Waals surface area contributed by atoms with Crippen LogP contribution in [0, 0.1) is 6.92 Å². The number of nitrogens with two attached hydrogens (primary N) is 1. The highest BCUT2D eigenvalue weighted by atomic mass is 79.9. The standard InChI is InChI=1S/C11H17BrN2/c1-9-8-10(12)4-5-11(9)14-7-3-2-6-13/h4-5,8,14H,2-3,6-7,13H2,1H3. The second-order valence-corrected chi connectivity index (χ2v) is 4.30. The van der Waals surface area contributed by atoms with E-state index in [1.165, 1.54) is 11.3 Å². The summed E-state index contributed by atoms with van der Waals surface area (Å²) in [5, 5.41) is 3.40. The Morgan fingerprint density at radius 3 is 2.79 bits per heavy atom. The molecule has 0 spiro atoms. The van der Waals surface area contributed by atoms with Gasteiger partial charge in [0.2, 0.25) is 0 Å². The van der Waals surface area contributed by atoms with Crippen molar-refractivity contribution in [1.29, 1.82) is 0 Å². The summed E-state index contributed by atoms with van der Waals surface area (Å²) in [6.07, 6.45) is 2.22. The van der Waals surface area contributed by atoms with Crippen molar-refractivity contribution in [3.05, 3.63) is 28.2 Å². The first-order valence-electron chi connectivity index (χ1n) is 4.94. The van der Waals surface area contributed by atoms with Gasteiger partial charge in [0.25, 0.3) is 0 Å². The number of hydrogen-bond donors (Lipinski definition) is 2.